The molecule has 0 spiro atoms. The molecule has 0 atom stereocenters. The van der Waals surface area contributed by atoms with Gasteiger partial charge in [0.2, 0.25) is 0 Å². The van der Waals surface area contributed by atoms with Crippen LogP contribution < -0.4 is 0 Å². The first-order valence-electron chi connectivity index (χ1n) is 8.83. The van der Waals surface area contributed by atoms with E-state index in [9.17, 15) is 26.3 Å². The van der Waals surface area contributed by atoms with Crippen molar-refractivity contribution < 1.29 is 26.3 Å². The minimum atomic E-state index is -4.45. The predicted octanol–water partition coefficient (Wildman–Crippen LogP) is 7.03. The molecule has 0 saturated carbocycles. The maximum atomic E-state index is 12.8. The maximum absolute atomic E-state index is 12.8. The molecule has 0 aliphatic heterocycles. The summed E-state index contributed by atoms with van der Waals surface area (Å²) in [5.74, 6) is 5.53. The number of halogens is 6. The molecule has 1 nitrogen and oxygen atoms in total. The molecule has 30 heavy (non-hydrogen) atoms. The number of alkyl halides is 6. The molecule has 0 aliphatic carbocycles. The summed E-state index contributed by atoms with van der Waals surface area (Å²) in [7, 11) is 0. The first-order valence-corrected chi connectivity index (χ1v) is 8.83. The van der Waals surface area contributed by atoms with Gasteiger partial charge in [-0.15, -0.1) is 0 Å². The second kappa shape index (κ2) is 8.39. The van der Waals surface area contributed by atoms with Gasteiger partial charge in [-0.25, -0.2) is 0 Å². The van der Waals surface area contributed by atoms with Crippen LogP contribution in [0.15, 0.2) is 60.1 Å². The van der Waals surface area contributed by atoms with Gasteiger partial charge in [0.15, 0.2) is 0 Å². The highest BCUT2D eigenvalue weighted by molar-refractivity contribution is 6.31. The molecule has 7 heteroatoms. The Morgan fingerprint density at radius 3 is 1.60 bits per heavy atom. The van der Waals surface area contributed by atoms with E-state index in [4.69, 9.17) is 0 Å². The fraction of sp³-hybridized carbons (Fsp3) is 0.261. The van der Waals surface area contributed by atoms with Gasteiger partial charge in [-0.1, -0.05) is 24.6 Å². The van der Waals surface area contributed by atoms with E-state index in [1.807, 2.05) is 20.8 Å². The van der Waals surface area contributed by atoms with E-state index in [2.05, 4.69) is 23.4 Å². The second-order valence-electron chi connectivity index (χ2n) is 7.51. The molecule has 2 aromatic carbocycles. The summed E-state index contributed by atoms with van der Waals surface area (Å²) in [5, 5.41) is 0. The van der Waals surface area contributed by atoms with Gasteiger partial charge in [-0.3, -0.25) is 4.99 Å². The van der Waals surface area contributed by atoms with Crippen LogP contribution in [0.2, 0.25) is 0 Å². The fourth-order valence-electron chi connectivity index (χ4n) is 2.38. The lowest BCUT2D eigenvalue weighted by atomic mass is 9.99. The van der Waals surface area contributed by atoms with E-state index in [0.29, 0.717) is 16.7 Å². The lowest BCUT2D eigenvalue weighted by Crippen LogP contribution is -2.14. The molecule has 0 aliphatic rings. The fourth-order valence-corrected chi connectivity index (χ4v) is 2.38. The molecule has 158 valence electrons. The standard InChI is InChI=1S/C23H19F6N/c1-15(17-8-12-19(13-9-17)23(27,28)29)20(30-21(2,3)4)14-7-16-5-10-18(11-6-16)22(24,25)26/h5-6,8-13H,1H2,2-4H3. The van der Waals surface area contributed by atoms with Crippen molar-refractivity contribution in [3.05, 3.63) is 77.4 Å². The molecule has 0 saturated heterocycles. The van der Waals surface area contributed by atoms with Gasteiger partial charge in [0.25, 0.3) is 0 Å². The van der Waals surface area contributed by atoms with Gasteiger partial charge in [0, 0.05) is 11.1 Å². The number of allylic oxidation sites excluding steroid dienone is 1. The molecular weight excluding hydrogens is 404 g/mol. The number of aliphatic imine (C=N–C) groups is 1. The van der Waals surface area contributed by atoms with Crippen molar-refractivity contribution >= 4 is 11.3 Å². The van der Waals surface area contributed by atoms with Crippen molar-refractivity contribution in [3.8, 4) is 11.8 Å². The van der Waals surface area contributed by atoms with Crippen molar-refractivity contribution in [2.75, 3.05) is 0 Å². The van der Waals surface area contributed by atoms with Gasteiger partial charge in [0.1, 0.15) is 5.71 Å². The van der Waals surface area contributed by atoms with E-state index in [1.54, 1.807) is 0 Å². The van der Waals surface area contributed by atoms with Crippen molar-refractivity contribution in [1.82, 2.24) is 0 Å². The number of nitrogens with zero attached hydrogens (tertiary/aromatic N) is 1. The molecule has 0 amide bonds. The summed E-state index contributed by atoms with van der Waals surface area (Å²) >= 11 is 0. The molecule has 0 radical (unpaired) electrons. The minimum Gasteiger partial charge on any atom is -0.270 e. The van der Waals surface area contributed by atoms with Gasteiger partial charge < -0.3 is 0 Å². The van der Waals surface area contributed by atoms with Crippen LogP contribution in [0.1, 0.15) is 43.0 Å². The monoisotopic (exact) mass is 423 g/mol. The number of hydrogen-bond acceptors (Lipinski definition) is 1. The van der Waals surface area contributed by atoms with E-state index in [-0.39, 0.29) is 5.71 Å². The first kappa shape index (κ1) is 23.3. The summed E-state index contributed by atoms with van der Waals surface area (Å²) in [4.78, 5) is 4.47. The summed E-state index contributed by atoms with van der Waals surface area (Å²) in [6.45, 7) is 9.33. The van der Waals surface area contributed by atoms with Crippen LogP contribution in [0.5, 0.6) is 0 Å². The smallest absolute Gasteiger partial charge is 0.270 e. The average Bonchev–Trinajstić information content (AvgIpc) is 2.62. The Labute approximate surface area is 171 Å². The first-order chi connectivity index (χ1) is 13.7. The molecule has 0 unspecified atom stereocenters. The molecule has 2 aromatic rings. The Morgan fingerprint density at radius 1 is 0.767 bits per heavy atom. The zero-order chi connectivity index (χ0) is 22.7. The number of rotatable bonds is 2. The Kier molecular flexibility index (Phi) is 6.51. The highest BCUT2D eigenvalue weighted by atomic mass is 19.4. The summed E-state index contributed by atoms with van der Waals surface area (Å²) < 4.78 is 76.4. The van der Waals surface area contributed by atoms with Crippen molar-refractivity contribution in [1.29, 1.82) is 0 Å². The second-order valence-corrected chi connectivity index (χ2v) is 7.51. The van der Waals surface area contributed by atoms with E-state index in [1.165, 1.54) is 24.3 Å². The molecule has 2 rings (SSSR count). The van der Waals surface area contributed by atoms with Crippen LogP contribution in [0, 0.1) is 11.8 Å². The third-order valence-electron chi connectivity index (χ3n) is 3.83. The van der Waals surface area contributed by atoms with Crippen molar-refractivity contribution in [3.63, 3.8) is 0 Å². The molecule has 0 fully saturated rings. The highest BCUT2D eigenvalue weighted by Crippen LogP contribution is 2.31. The normalized spacial score (nSPS) is 12.9. The lowest BCUT2D eigenvalue weighted by Gasteiger charge is -2.15. The average molecular weight is 423 g/mol. The third-order valence-corrected chi connectivity index (χ3v) is 3.83. The Morgan fingerprint density at radius 2 is 1.20 bits per heavy atom. The van der Waals surface area contributed by atoms with Gasteiger partial charge in [0.05, 0.1) is 16.7 Å². The molecule has 0 bridgehead atoms. The maximum Gasteiger partial charge on any atom is 0.416 e. The topological polar surface area (TPSA) is 12.4 Å². The van der Waals surface area contributed by atoms with E-state index >= 15 is 0 Å². The van der Waals surface area contributed by atoms with Crippen LogP contribution in [0.25, 0.3) is 5.57 Å². The molecule has 0 N–H and O–H groups in total. The minimum absolute atomic E-state index is 0.238. The number of benzene rings is 2. The summed E-state index contributed by atoms with van der Waals surface area (Å²) in [6.07, 6.45) is -8.90. The quantitative estimate of drug-likeness (QED) is 0.279. The van der Waals surface area contributed by atoms with Crippen LogP contribution in [-0.4, -0.2) is 11.3 Å². The van der Waals surface area contributed by atoms with Crippen LogP contribution in [0.3, 0.4) is 0 Å². The largest absolute Gasteiger partial charge is 0.416 e. The number of hydrogen-bond donors (Lipinski definition) is 0. The zero-order valence-corrected chi connectivity index (χ0v) is 16.5. The van der Waals surface area contributed by atoms with E-state index < -0.39 is 29.0 Å². The predicted molar refractivity (Wildman–Crippen MR) is 106 cm³/mol. The van der Waals surface area contributed by atoms with Crippen LogP contribution in [-0.2, 0) is 12.4 Å². The Bertz CT molecular complexity index is 990. The van der Waals surface area contributed by atoms with Crippen molar-refractivity contribution in [2.45, 2.75) is 38.7 Å². The van der Waals surface area contributed by atoms with E-state index in [0.717, 1.165) is 24.3 Å². The Hall–Kier alpha value is -3.01. The lowest BCUT2D eigenvalue weighted by molar-refractivity contribution is -0.138. The van der Waals surface area contributed by atoms with Gasteiger partial charge in [-0.2, -0.15) is 26.3 Å². The van der Waals surface area contributed by atoms with Crippen molar-refractivity contribution in [2.24, 2.45) is 4.99 Å². The molecule has 0 aromatic heterocycles. The Balaban J connectivity index is 2.38. The summed E-state index contributed by atoms with van der Waals surface area (Å²) in [5.41, 5.74) is -0.827. The zero-order valence-electron chi connectivity index (χ0n) is 16.5. The third kappa shape index (κ3) is 6.51. The molecule has 0 heterocycles. The van der Waals surface area contributed by atoms with Crippen LogP contribution in [0.4, 0.5) is 26.3 Å². The van der Waals surface area contributed by atoms with Gasteiger partial charge in [-0.05, 0) is 68.7 Å². The van der Waals surface area contributed by atoms with Gasteiger partial charge >= 0.3 is 12.4 Å². The SMILES string of the molecule is C=C(C(C#Cc1ccc(C(F)(F)F)cc1)=NC(C)(C)C)c1ccc(C(F)(F)F)cc1. The van der Waals surface area contributed by atoms with Crippen LogP contribution >= 0.6 is 0 Å². The summed E-state index contributed by atoms with van der Waals surface area (Å²) in [6, 6.07) is 8.78. The highest BCUT2D eigenvalue weighted by Gasteiger charge is 2.30. The molecular formula is C23H19F6N.